The molecule has 106 valence electrons. The summed E-state index contributed by atoms with van der Waals surface area (Å²) in [5.74, 6) is -0.141. The van der Waals surface area contributed by atoms with Crippen LogP contribution < -0.4 is 5.73 Å². The van der Waals surface area contributed by atoms with E-state index >= 15 is 0 Å². The molecule has 2 atom stereocenters. The molecule has 0 spiro atoms. The highest BCUT2D eigenvalue weighted by atomic mass is 32.2. The van der Waals surface area contributed by atoms with E-state index in [1.165, 1.54) is 16.4 Å². The Kier molecular flexibility index (Phi) is 3.94. The van der Waals surface area contributed by atoms with Crippen LogP contribution in [0.1, 0.15) is 19.4 Å². The lowest BCUT2D eigenvalue weighted by molar-refractivity contribution is 0.456. The van der Waals surface area contributed by atoms with Crippen molar-refractivity contribution < 1.29 is 12.8 Å². The van der Waals surface area contributed by atoms with Crippen molar-refractivity contribution in [2.45, 2.75) is 25.3 Å². The van der Waals surface area contributed by atoms with Gasteiger partial charge in [0.15, 0.2) is 0 Å². The minimum atomic E-state index is -3.74. The van der Waals surface area contributed by atoms with Crippen molar-refractivity contribution in [3.63, 3.8) is 0 Å². The summed E-state index contributed by atoms with van der Waals surface area (Å²) in [6.45, 7) is 5.10. The van der Waals surface area contributed by atoms with Gasteiger partial charge in [0.1, 0.15) is 10.7 Å². The van der Waals surface area contributed by atoms with Crippen LogP contribution in [0.4, 0.5) is 4.39 Å². The van der Waals surface area contributed by atoms with E-state index in [9.17, 15) is 12.8 Å². The van der Waals surface area contributed by atoms with Gasteiger partial charge >= 0.3 is 0 Å². The van der Waals surface area contributed by atoms with Crippen molar-refractivity contribution in [1.29, 1.82) is 0 Å². The van der Waals surface area contributed by atoms with Crippen LogP contribution in [0.5, 0.6) is 0 Å². The van der Waals surface area contributed by atoms with Crippen LogP contribution in [-0.2, 0) is 16.6 Å². The monoisotopic (exact) mass is 286 g/mol. The first kappa shape index (κ1) is 14.4. The molecule has 1 fully saturated rings. The van der Waals surface area contributed by atoms with E-state index in [-0.39, 0.29) is 11.4 Å². The first-order valence-electron chi connectivity index (χ1n) is 6.35. The molecule has 19 heavy (non-hydrogen) atoms. The fraction of sp³-hybridized carbons (Fsp3) is 0.538. The van der Waals surface area contributed by atoms with Crippen molar-refractivity contribution in [3.8, 4) is 0 Å². The van der Waals surface area contributed by atoms with Gasteiger partial charge in [0.2, 0.25) is 10.0 Å². The molecule has 0 aromatic heterocycles. The summed E-state index contributed by atoms with van der Waals surface area (Å²) in [4.78, 5) is -0.258. The van der Waals surface area contributed by atoms with Crippen molar-refractivity contribution in [3.05, 3.63) is 29.6 Å². The van der Waals surface area contributed by atoms with E-state index in [0.29, 0.717) is 30.5 Å². The summed E-state index contributed by atoms with van der Waals surface area (Å²) < 4.78 is 40.1. The van der Waals surface area contributed by atoms with Crippen molar-refractivity contribution in [2.24, 2.45) is 17.6 Å². The Hall–Kier alpha value is -0.980. The summed E-state index contributed by atoms with van der Waals surface area (Å²) in [6.07, 6.45) is 0. The predicted octanol–water partition coefficient (Wildman–Crippen LogP) is 1.56. The van der Waals surface area contributed by atoms with E-state index in [0.717, 1.165) is 0 Å². The molecule has 0 amide bonds. The highest BCUT2D eigenvalue weighted by molar-refractivity contribution is 7.89. The van der Waals surface area contributed by atoms with Gasteiger partial charge in [-0.3, -0.25) is 0 Å². The zero-order valence-electron chi connectivity index (χ0n) is 11.1. The van der Waals surface area contributed by atoms with Crippen LogP contribution in [0.25, 0.3) is 0 Å². The highest BCUT2D eigenvalue weighted by Gasteiger charge is 2.36. The maximum absolute atomic E-state index is 13.9. The van der Waals surface area contributed by atoms with E-state index < -0.39 is 15.8 Å². The van der Waals surface area contributed by atoms with Gasteiger partial charge in [-0.15, -0.1) is 0 Å². The van der Waals surface area contributed by atoms with Crippen molar-refractivity contribution in [1.82, 2.24) is 4.31 Å². The molecule has 1 heterocycles. The second-order valence-corrected chi connectivity index (χ2v) is 7.15. The number of hydrogen-bond donors (Lipinski definition) is 1. The maximum atomic E-state index is 13.9. The zero-order chi connectivity index (χ0) is 14.2. The van der Waals surface area contributed by atoms with Gasteiger partial charge < -0.3 is 5.73 Å². The normalized spacial score (nSPS) is 24.8. The summed E-state index contributed by atoms with van der Waals surface area (Å²) in [5.41, 5.74) is 5.99. The third kappa shape index (κ3) is 2.66. The number of nitrogens with zero attached hydrogens (tertiary/aromatic N) is 1. The molecule has 0 aliphatic carbocycles. The highest BCUT2D eigenvalue weighted by Crippen LogP contribution is 2.29. The van der Waals surface area contributed by atoms with E-state index in [1.807, 2.05) is 13.8 Å². The average Bonchev–Trinajstić information content (AvgIpc) is 2.70. The lowest BCUT2D eigenvalue weighted by atomic mass is 10.0. The minimum absolute atomic E-state index is 0.190. The van der Waals surface area contributed by atoms with Crippen molar-refractivity contribution in [2.75, 3.05) is 13.1 Å². The number of hydrogen-bond acceptors (Lipinski definition) is 3. The molecule has 4 nitrogen and oxygen atoms in total. The number of rotatable bonds is 3. The van der Waals surface area contributed by atoms with Gasteiger partial charge in [0.25, 0.3) is 0 Å². The van der Waals surface area contributed by atoms with Crippen LogP contribution in [0.2, 0.25) is 0 Å². The first-order chi connectivity index (χ1) is 8.86. The van der Waals surface area contributed by atoms with E-state index in [4.69, 9.17) is 5.73 Å². The Morgan fingerprint density at radius 3 is 2.37 bits per heavy atom. The molecule has 1 saturated heterocycles. The molecule has 1 aromatic carbocycles. The molecule has 1 aromatic rings. The third-order valence-corrected chi connectivity index (χ3v) is 5.67. The molecule has 2 N–H and O–H groups in total. The summed E-state index contributed by atoms with van der Waals surface area (Å²) in [5, 5.41) is 0. The molecule has 0 saturated carbocycles. The van der Waals surface area contributed by atoms with Crippen LogP contribution in [0, 0.1) is 17.7 Å². The molecule has 0 bridgehead atoms. The molecule has 0 radical (unpaired) electrons. The van der Waals surface area contributed by atoms with Gasteiger partial charge in [-0.25, -0.2) is 12.8 Å². The minimum Gasteiger partial charge on any atom is -0.326 e. The van der Waals surface area contributed by atoms with E-state index in [1.54, 1.807) is 6.07 Å². The average molecular weight is 286 g/mol. The molecule has 6 heteroatoms. The Bertz CT molecular complexity index is 564. The van der Waals surface area contributed by atoms with Crippen LogP contribution >= 0.6 is 0 Å². The second kappa shape index (κ2) is 5.19. The third-order valence-electron chi connectivity index (χ3n) is 3.80. The van der Waals surface area contributed by atoms with Crippen molar-refractivity contribution >= 4 is 10.0 Å². The SMILES string of the molecule is CC1CN(S(=O)(=O)c2ccc(CN)cc2F)CC1C. The Labute approximate surface area is 113 Å². The topological polar surface area (TPSA) is 63.4 Å². The summed E-state index contributed by atoms with van der Waals surface area (Å²) in [7, 11) is -3.74. The predicted molar refractivity (Wildman–Crippen MR) is 71.4 cm³/mol. The summed E-state index contributed by atoms with van der Waals surface area (Å²) >= 11 is 0. The zero-order valence-corrected chi connectivity index (χ0v) is 12.0. The number of nitrogens with two attached hydrogens (primary N) is 1. The Morgan fingerprint density at radius 1 is 1.32 bits per heavy atom. The van der Waals surface area contributed by atoms with Gasteiger partial charge in [0.05, 0.1) is 0 Å². The quantitative estimate of drug-likeness (QED) is 0.917. The van der Waals surface area contributed by atoms with Crippen LogP contribution in [0.15, 0.2) is 23.1 Å². The van der Waals surface area contributed by atoms with Gasteiger partial charge in [-0.05, 0) is 29.5 Å². The molecule has 2 unspecified atom stereocenters. The first-order valence-corrected chi connectivity index (χ1v) is 7.79. The van der Waals surface area contributed by atoms with Gasteiger partial charge in [-0.2, -0.15) is 4.31 Å². The van der Waals surface area contributed by atoms with Crippen LogP contribution in [0.3, 0.4) is 0 Å². The Balaban J connectivity index is 2.35. The summed E-state index contributed by atoms with van der Waals surface area (Å²) in [6, 6.07) is 4.05. The standard InChI is InChI=1S/C13H19FN2O2S/c1-9-7-16(8-10(9)2)19(17,18)13-4-3-11(6-15)5-12(13)14/h3-5,9-10H,6-8,15H2,1-2H3. The van der Waals surface area contributed by atoms with E-state index in [2.05, 4.69) is 0 Å². The fourth-order valence-corrected chi connectivity index (χ4v) is 3.98. The largest absolute Gasteiger partial charge is 0.326 e. The second-order valence-electron chi connectivity index (χ2n) is 5.25. The lowest BCUT2D eigenvalue weighted by Gasteiger charge is -2.17. The Morgan fingerprint density at radius 2 is 1.89 bits per heavy atom. The van der Waals surface area contributed by atoms with Gasteiger partial charge in [-0.1, -0.05) is 19.9 Å². The molecular formula is C13H19FN2O2S. The van der Waals surface area contributed by atoms with Crippen LogP contribution in [-0.4, -0.2) is 25.8 Å². The lowest BCUT2D eigenvalue weighted by Crippen LogP contribution is -2.29. The molecule has 2 rings (SSSR count). The van der Waals surface area contributed by atoms with Gasteiger partial charge in [0, 0.05) is 19.6 Å². The molecular weight excluding hydrogens is 267 g/mol. The fourth-order valence-electron chi connectivity index (χ4n) is 2.29. The maximum Gasteiger partial charge on any atom is 0.246 e. The molecule has 1 aliphatic rings. The number of sulfonamides is 1. The number of halogens is 1. The smallest absolute Gasteiger partial charge is 0.246 e. The number of benzene rings is 1. The molecule has 1 aliphatic heterocycles.